The second-order valence-corrected chi connectivity index (χ2v) is 4.37. The molecule has 1 N–H and O–H groups in total. The molecule has 0 spiro atoms. The second kappa shape index (κ2) is 4.17. The fourth-order valence-corrected chi connectivity index (χ4v) is 1.78. The average Bonchev–Trinajstić information content (AvgIpc) is 2.29. The second-order valence-electron chi connectivity index (χ2n) is 4.37. The molecule has 0 bridgehead atoms. The first-order chi connectivity index (χ1) is 8.00. The topological polar surface area (TPSA) is 45.8 Å². The number of rotatable bonds is 1. The predicted octanol–water partition coefficient (Wildman–Crippen LogP) is 2.67. The molecule has 1 heterocycles. The summed E-state index contributed by atoms with van der Waals surface area (Å²) in [6.07, 6.45) is 0. The van der Waals surface area contributed by atoms with Gasteiger partial charge in [0.25, 0.3) is 5.56 Å². The van der Waals surface area contributed by atoms with Crippen LogP contribution in [0, 0.1) is 27.7 Å². The summed E-state index contributed by atoms with van der Waals surface area (Å²) in [5.41, 5.74) is 4.74. The number of aromatic amines is 1. The van der Waals surface area contributed by atoms with Crippen molar-refractivity contribution < 1.29 is 0 Å². The monoisotopic (exact) mass is 228 g/mol. The van der Waals surface area contributed by atoms with Gasteiger partial charge < -0.3 is 4.98 Å². The Labute approximate surface area is 101 Å². The van der Waals surface area contributed by atoms with E-state index in [0.717, 1.165) is 16.8 Å². The van der Waals surface area contributed by atoms with Crippen LogP contribution in [0.3, 0.4) is 0 Å². The molecule has 3 nitrogen and oxygen atoms in total. The summed E-state index contributed by atoms with van der Waals surface area (Å²) in [6, 6.07) is 6.01. The average molecular weight is 228 g/mol. The molecule has 17 heavy (non-hydrogen) atoms. The Morgan fingerprint density at radius 2 is 1.76 bits per heavy atom. The summed E-state index contributed by atoms with van der Waals surface area (Å²) in [4.78, 5) is 19.0. The Kier molecular flexibility index (Phi) is 2.84. The molecule has 1 aromatic heterocycles. The van der Waals surface area contributed by atoms with Crippen LogP contribution in [0.4, 0.5) is 0 Å². The van der Waals surface area contributed by atoms with E-state index in [1.165, 1.54) is 5.56 Å². The van der Waals surface area contributed by atoms with E-state index >= 15 is 0 Å². The molecular weight excluding hydrogens is 212 g/mol. The van der Waals surface area contributed by atoms with Crippen LogP contribution in [0.25, 0.3) is 11.4 Å². The molecule has 0 aliphatic carbocycles. The van der Waals surface area contributed by atoms with E-state index < -0.39 is 0 Å². The molecule has 0 saturated carbocycles. The Morgan fingerprint density at radius 1 is 1.06 bits per heavy atom. The Balaban J connectivity index is 2.70. The Bertz CT molecular complexity index is 627. The fourth-order valence-electron chi connectivity index (χ4n) is 1.78. The molecule has 2 aromatic rings. The smallest absolute Gasteiger partial charge is 0.254 e. The number of nitrogens with zero attached hydrogens (tertiary/aromatic N) is 1. The summed E-state index contributed by atoms with van der Waals surface area (Å²) in [5, 5.41) is 0. The molecule has 0 amide bonds. The standard InChI is InChI=1S/C14H16N2O/c1-8-6-5-7-12(9(8)2)13-15-11(4)10(3)14(17)16-13/h5-7H,1-4H3,(H,15,16,17). The molecule has 1 aromatic carbocycles. The van der Waals surface area contributed by atoms with E-state index in [4.69, 9.17) is 0 Å². The van der Waals surface area contributed by atoms with Crippen molar-refractivity contribution in [1.29, 1.82) is 0 Å². The lowest BCUT2D eigenvalue weighted by molar-refractivity contribution is 1.03. The van der Waals surface area contributed by atoms with Crippen LogP contribution < -0.4 is 5.56 Å². The minimum absolute atomic E-state index is 0.0617. The first-order valence-corrected chi connectivity index (χ1v) is 5.65. The lowest BCUT2D eigenvalue weighted by Crippen LogP contribution is -2.14. The molecule has 0 aliphatic rings. The highest BCUT2D eigenvalue weighted by atomic mass is 16.1. The summed E-state index contributed by atoms with van der Waals surface area (Å²) in [6.45, 7) is 7.74. The van der Waals surface area contributed by atoms with E-state index in [0.29, 0.717) is 11.4 Å². The van der Waals surface area contributed by atoms with E-state index in [-0.39, 0.29) is 5.56 Å². The van der Waals surface area contributed by atoms with Crippen LogP contribution in [-0.4, -0.2) is 9.97 Å². The van der Waals surface area contributed by atoms with Gasteiger partial charge in [0.2, 0.25) is 0 Å². The fraction of sp³-hybridized carbons (Fsp3) is 0.286. The van der Waals surface area contributed by atoms with Crippen LogP contribution in [-0.2, 0) is 0 Å². The van der Waals surface area contributed by atoms with E-state index in [2.05, 4.69) is 23.0 Å². The number of benzene rings is 1. The van der Waals surface area contributed by atoms with E-state index in [1.54, 1.807) is 6.92 Å². The lowest BCUT2D eigenvalue weighted by atomic mass is 10.0. The van der Waals surface area contributed by atoms with Crippen molar-refractivity contribution >= 4 is 0 Å². The van der Waals surface area contributed by atoms with E-state index in [1.807, 2.05) is 26.0 Å². The van der Waals surface area contributed by atoms with Gasteiger partial charge in [-0.05, 0) is 38.8 Å². The van der Waals surface area contributed by atoms with Gasteiger partial charge in [-0.3, -0.25) is 4.79 Å². The predicted molar refractivity (Wildman–Crippen MR) is 69.2 cm³/mol. The molecule has 0 fully saturated rings. The largest absolute Gasteiger partial charge is 0.306 e. The van der Waals surface area contributed by atoms with Gasteiger partial charge in [0, 0.05) is 16.8 Å². The molecule has 3 heteroatoms. The highest BCUT2D eigenvalue weighted by molar-refractivity contribution is 5.61. The Hall–Kier alpha value is -1.90. The van der Waals surface area contributed by atoms with Crippen LogP contribution in [0.15, 0.2) is 23.0 Å². The number of hydrogen-bond acceptors (Lipinski definition) is 2. The minimum atomic E-state index is -0.0617. The highest BCUT2D eigenvalue weighted by Crippen LogP contribution is 2.21. The van der Waals surface area contributed by atoms with Gasteiger partial charge in [-0.25, -0.2) is 4.98 Å². The van der Waals surface area contributed by atoms with Crippen molar-refractivity contribution in [2.24, 2.45) is 0 Å². The van der Waals surface area contributed by atoms with Gasteiger partial charge >= 0.3 is 0 Å². The number of nitrogens with one attached hydrogen (secondary N) is 1. The van der Waals surface area contributed by atoms with Crippen LogP contribution in [0.5, 0.6) is 0 Å². The summed E-state index contributed by atoms with van der Waals surface area (Å²) in [7, 11) is 0. The molecule has 0 saturated heterocycles. The zero-order valence-corrected chi connectivity index (χ0v) is 10.6. The SMILES string of the molecule is Cc1cccc(-c2nc(C)c(C)c(=O)[nH]2)c1C. The minimum Gasteiger partial charge on any atom is -0.306 e. The maximum Gasteiger partial charge on any atom is 0.254 e. The van der Waals surface area contributed by atoms with E-state index in [9.17, 15) is 4.79 Å². The van der Waals surface area contributed by atoms with Crippen molar-refractivity contribution in [2.45, 2.75) is 27.7 Å². The molecule has 88 valence electrons. The lowest BCUT2D eigenvalue weighted by Gasteiger charge is -2.09. The third-order valence-electron chi connectivity index (χ3n) is 3.25. The summed E-state index contributed by atoms with van der Waals surface area (Å²) in [5.74, 6) is 0.652. The van der Waals surface area contributed by atoms with Gasteiger partial charge in [0.05, 0.1) is 0 Å². The third kappa shape index (κ3) is 2.00. The van der Waals surface area contributed by atoms with Crippen LogP contribution >= 0.6 is 0 Å². The van der Waals surface area contributed by atoms with Crippen molar-refractivity contribution in [3.63, 3.8) is 0 Å². The molecule has 0 aliphatic heterocycles. The molecule has 0 atom stereocenters. The van der Waals surface area contributed by atoms with Gasteiger partial charge in [-0.2, -0.15) is 0 Å². The van der Waals surface area contributed by atoms with Gasteiger partial charge in [0.1, 0.15) is 5.82 Å². The number of H-pyrrole nitrogens is 1. The normalized spacial score (nSPS) is 10.6. The Morgan fingerprint density at radius 3 is 2.41 bits per heavy atom. The quantitative estimate of drug-likeness (QED) is 0.815. The molecule has 0 unspecified atom stereocenters. The first kappa shape index (κ1) is 11.6. The zero-order valence-electron chi connectivity index (χ0n) is 10.6. The van der Waals surface area contributed by atoms with Crippen molar-refractivity contribution in [1.82, 2.24) is 9.97 Å². The number of hydrogen-bond donors (Lipinski definition) is 1. The summed E-state index contributed by atoms with van der Waals surface area (Å²) >= 11 is 0. The molecule has 2 rings (SSSR count). The molecular formula is C14H16N2O. The highest BCUT2D eigenvalue weighted by Gasteiger charge is 2.08. The molecule has 0 radical (unpaired) electrons. The van der Waals surface area contributed by atoms with Crippen LogP contribution in [0.1, 0.15) is 22.4 Å². The maximum absolute atomic E-state index is 11.7. The maximum atomic E-state index is 11.7. The third-order valence-corrected chi connectivity index (χ3v) is 3.25. The van der Waals surface area contributed by atoms with Crippen LogP contribution in [0.2, 0.25) is 0 Å². The van der Waals surface area contributed by atoms with Crippen molar-refractivity contribution in [3.05, 3.63) is 50.9 Å². The van der Waals surface area contributed by atoms with Crippen molar-refractivity contribution in [3.8, 4) is 11.4 Å². The van der Waals surface area contributed by atoms with Gasteiger partial charge in [-0.1, -0.05) is 18.2 Å². The summed E-state index contributed by atoms with van der Waals surface area (Å²) < 4.78 is 0. The zero-order chi connectivity index (χ0) is 12.6. The van der Waals surface area contributed by atoms with Gasteiger partial charge in [-0.15, -0.1) is 0 Å². The number of aryl methyl sites for hydroxylation is 2. The first-order valence-electron chi connectivity index (χ1n) is 5.65. The van der Waals surface area contributed by atoms with Gasteiger partial charge in [0.15, 0.2) is 0 Å². The van der Waals surface area contributed by atoms with Crippen molar-refractivity contribution in [2.75, 3.05) is 0 Å². The number of aromatic nitrogens is 2.